The van der Waals surface area contributed by atoms with Gasteiger partial charge in [0.1, 0.15) is 11.3 Å². The molecule has 0 aromatic carbocycles. The van der Waals surface area contributed by atoms with Gasteiger partial charge in [-0.05, 0) is 17.8 Å². The fourth-order valence-corrected chi connectivity index (χ4v) is 2.44. The summed E-state index contributed by atoms with van der Waals surface area (Å²) in [5.41, 5.74) is 6.93. The Morgan fingerprint density at radius 3 is 2.94 bits per heavy atom. The van der Waals surface area contributed by atoms with E-state index in [0.29, 0.717) is 4.34 Å². The van der Waals surface area contributed by atoms with Gasteiger partial charge in [0, 0.05) is 6.07 Å². The van der Waals surface area contributed by atoms with Crippen LogP contribution in [0, 0.1) is 10.1 Å². The maximum absolute atomic E-state index is 10.7. The number of nitro groups is 1. The van der Waals surface area contributed by atoms with Gasteiger partial charge in [-0.1, -0.05) is 11.3 Å². The van der Waals surface area contributed by atoms with Crippen LogP contribution in [0.1, 0.15) is 0 Å². The molecule has 2 aromatic heterocycles. The first-order chi connectivity index (χ1) is 7.66. The molecule has 82 valence electrons. The lowest BCUT2D eigenvalue weighted by Crippen LogP contribution is -1.97. The third-order valence-electron chi connectivity index (χ3n) is 1.58. The van der Waals surface area contributed by atoms with Crippen LogP contribution in [0.2, 0.25) is 0 Å². The number of aromatic nitrogens is 3. The van der Waals surface area contributed by atoms with Crippen molar-refractivity contribution < 1.29 is 4.92 Å². The molecule has 0 fully saturated rings. The van der Waals surface area contributed by atoms with Crippen molar-refractivity contribution in [3.63, 3.8) is 0 Å². The van der Waals surface area contributed by atoms with Crippen molar-refractivity contribution in [1.82, 2.24) is 15.2 Å². The summed E-state index contributed by atoms with van der Waals surface area (Å²) in [6, 6.07) is 2.72. The number of pyridine rings is 1. The normalized spacial score (nSPS) is 10.2. The number of rotatable bonds is 3. The number of nitrogens with zero attached hydrogens (tertiary/aromatic N) is 4. The molecule has 0 aliphatic rings. The SMILES string of the molecule is Nc1ccc([N+](=O)[O-])c(Sc2nncs2)n1. The van der Waals surface area contributed by atoms with Crippen LogP contribution in [0.4, 0.5) is 11.5 Å². The van der Waals surface area contributed by atoms with Gasteiger partial charge in [-0.2, -0.15) is 0 Å². The van der Waals surface area contributed by atoms with Crippen LogP contribution in [0.3, 0.4) is 0 Å². The molecular weight excluding hydrogens is 250 g/mol. The van der Waals surface area contributed by atoms with E-state index in [4.69, 9.17) is 5.73 Å². The molecule has 0 saturated carbocycles. The van der Waals surface area contributed by atoms with E-state index in [1.165, 1.54) is 23.5 Å². The van der Waals surface area contributed by atoms with E-state index >= 15 is 0 Å². The highest BCUT2D eigenvalue weighted by molar-refractivity contribution is 8.01. The molecule has 16 heavy (non-hydrogen) atoms. The zero-order valence-electron chi connectivity index (χ0n) is 7.73. The van der Waals surface area contributed by atoms with Crippen molar-refractivity contribution in [2.24, 2.45) is 0 Å². The van der Waals surface area contributed by atoms with Gasteiger partial charge in [-0.15, -0.1) is 10.2 Å². The molecule has 0 aliphatic carbocycles. The monoisotopic (exact) mass is 255 g/mol. The molecule has 0 aliphatic heterocycles. The minimum Gasteiger partial charge on any atom is -0.384 e. The van der Waals surface area contributed by atoms with Crippen molar-refractivity contribution in [2.75, 3.05) is 5.73 Å². The first-order valence-corrected chi connectivity index (χ1v) is 5.71. The van der Waals surface area contributed by atoms with Gasteiger partial charge >= 0.3 is 5.69 Å². The minimum atomic E-state index is -0.504. The van der Waals surface area contributed by atoms with Crippen LogP contribution < -0.4 is 5.73 Å². The first kappa shape index (κ1) is 10.8. The van der Waals surface area contributed by atoms with E-state index in [1.807, 2.05) is 0 Å². The number of anilines is 1. The van der Waals surface area contributed by atoms with Crippen molar-refractivity contribution in [3.05, 3.63) is 27.8 Å². The minimum absolute atomic E-state index is 0.0885. The zero-order chi connectivity index (χ0) is 11.5. The number of nitrogens with two attached hydrogens (primary N) is 1. The van der Waals surface area contributed by atoms with Crippen LogP contribution >= 0.6 is 23.1 Å². The lowest BCUT2D eigenvalue weighted by molar-refractivity contribution is -0.388. The Kier molecular flexibility index (Phi) is 2.97. The molecule has 7 nitrogen and oxygen atoms in total. The van der Waals surface area contributed by atoms with Crippen LogP contribution in [0.15, 0.2) is 27.0 Å². The lowest BCUT2D eigenvalue weighted by Gasteiger charge is -1.99. The molecule has 0 radical (unpaired) electrons. The van der Waals surface area contributed by atoms with Crippen molar-refractivity contribution in [2.45, 2.75) is 9.37 Å². The highest BCUT2D eigenvalue weighted by Crippen LogP contribution is 2.34. The molecule has 0 bridgehead atoms. The Balaban J connectivity index is 2.38. The van der Waals surface area contributed by atoms with Crippen molar-refractivity contribution in [3.8, 4) is 0 Å². The third kappa shape index (κ3) is 2.25. The van der Waals surface area contributed by atoms with Crippen LogP contribution in [-0.4, -0.2) is 20.1 Å². The average Bonchev–Trinajstić information content (AvgIpc) is 2.70. The fourth-order valence-electron chi connectivity index (χ4n) is 0.952. The lowest BCUT2D eigenvalue weighted by atomic mass is 10.4. The van der Waals surface area contributed by atoms with E-state index in [2.05, 4.69) is 15.2 Å². The number of nitrogen functional groups attached to an aromatic ring is 1. The molecule has 0 amide bonds. The molecule has 2 heterocycles. The van der Waals surface area contributed by atoms with Gasteiger partial charge in [0.15, 0.2) is 9.37 Å². The van der Waals surface area contributed by atoms with Crippen molar-refractivity contribution in [1.29, 1.82) is 0 Å². The molecule has 0 saturated heterocycles. The first-order valence-electron chi connectivity index (χ1n) is 4.02. The molecular formula is C7H5N5O2S2. The summed E-state index contributed by atoms with van der Waals surface area (Å²) >= 11 is 2.36. The summed E-state index contributed by atoms with van der Waals surface area (Å²) in [6.07, 6.45) is 0. The van der Waals surface area contributed by atoms with Gasteiger partial charge < -0.3 is 5.73 Å². The molecule has 2 N–H and O–H groups in total. The van der Waals surface area contributed by atoms with E-state index in [1.54, 1.807) is 5.51 Å². The Bertz CT molecular complexity index is 516. The van der Waals surface area contributed by atoms with Gasteiger partial charge in [-0.25, -0.2) is 4.98 Å². The molecule has 2 rings (SSSR count). The predicted molar refractivity (Wildman–Crippen MR) is 59.3 cm³/mol. The summed E-state index contributed by atoms with van der Waals surface area (Å²) in [5.74, 6) is 0.234. The summed E-state index contributed by atoms with van der Waals surface area (Å²) in [4.78, 5) is 14.1. The fraction of sp³-hybridized carbons (Fsp3) is 0. The van der Waals surface area contributed by atoms with Crippen LogP contribution in [-0.2, 0) is 0 Å². The van der Waals surface area contributed by atoms with E-state index in [0.717, 1.165) is 11.8 Å². The number of hydrogen-bond donors (Lipinski definition) is 1. The van der Waals surface area contributed by atoms with Gasteiger partial charge in [0.05, 0.1) is 4.92 Å². The quantitative estimate of drug-likeness (QED) is 0.655. The van der Waals surface area contributed by atoms with E-state index < -0.39 is 4.92 Å². The Labute approximate surface area is 97.9 Å². The Morgan fingerprint density at radius 1 is 1.50 bits per heavy atom. The van der Waals surface area contributed by atoms with E-state index in [9.17, 15) is 10.1 Å². The number of hydrogen-bond acceptors (Lipinski definition) is 8. The standard InChI is InChI=1S/C7H5N5O2S2/c8-5-2-1-4(12(13)14)6(10-5)16-7-11-9-3-15-7/h1-3H,(H2,8,10). The molecule has 0 unspecified atom stereocenters. The average molecular weight is 255 g/mol. The molecule has 9 heteroatoms. The van der Waals surface area contributed by atoms with Crippen LogP contribution in [0.25, 0.3) is 0 Å². The summed E-state index contributed by atoms with van der Waals surface area (Å²) in [5, 5.41) is 18.4. The second-order valence-electron chi connectivity index (χ2n) is 2.62. The second kappa shape index (κ2) is 4.41. The molecule has 0 spiro atoms. The van der Waals surface area contributed by atoms with Crippen LogP contribution in [0.5, 0.6) is 0 Å². The molecule has 2 aromatic rings. The van der Waals surface area contributed by atoms with Gasteiger partial charge in [0.25, 0.3) is 0 Å². The zero-order valence-corrected chi connectivity index (χ0v) is 9.36. The summed E-state index contributed by atoms with van der Waals surface area (Å²) < 4.78 is 0.584. The smallest absolute Gasteiger partial charge is 0.301 e. The summed E-state index contributed by atoms with van der Waals surface area (Å²) in [7, 11) is 0. The van der Waals surface area contributed by atoms with Gasteiger partial charge in [0.2, 0.25) is 0 Å². The largest absolute Gasteiger partial charge is 0.384 e. The summed E-state index contributed by atoms with van der Waals surface area (Å²) in [6.45, 7) is 0. The van der Waals surface area contributed by atoms with E-state index in [-0.39, 0.29) is 16.5 Å². The van der Waals surface area contributed by atoms with Gasteiger partial charge in [-0.3, -0.25) is 10.1 Å². The predicted octanol–water partition coefficient (Wildman–Crippen LogP) is 1.57. The Hall–Kier alpha value is -1.74. The van der Waals surface area contributed by atoms with Crippen molar-refractivity contribution >= 4 is 34.6 Å². The molecule has 0 atom stereocenters. The topological polar surface area (TPSA) is 108 Å². The maximum atomic E-state index is 10.7. The maximum Gasteiger partial charge on any atom is 0.301 e. The highest BCUT2D eigenvalue weighted by Gasteiger charge is 2.17. The third-order valence-corrected chi connectivity index (χ3v) is 3.35. The highest BCUT2D eigenvalue weighted by atomic mass is 32.2. The Morgan fingerprint density at radius 2 is 2.31 bits per heavy atom. The second-order valence-corrected chi connectivity index (χ2v) is 4.69.